The molecule has 0 unspecified atom stereocenters. The minimum atomic E-state index is -0.414. The maximum Gasteiger partial charge on any atom is 0.292 e. The zero-order valence-electron chi connectivity index (χ0n) is 13.8. The smallest absolute Gasteiger partial charge is 0.292 e. The molecule has 1 aromatic rings. The Morgan fingerprint density at radius 3 is 2.61 bits per heavy atom. The summed E-state index contributed by atoms with van der Waals surface area (Å²) in [4.78, 5) is 25.1. The molecule has 0 spiro atoms. The molecule has 0 aromatic heterocycles. The van der Waals surface area contributed by atoms with E-state index in [4.69, 9.17) is 0 Å². The van der Waals surface area contributed by atoms with Crippen LogP contribution in [-0.2, 0) is 4.79 Å². The minimum Gasteiger partial charge on any atom is -0.379 e. The van der Waals surface area contributed by atoms with Crippen LogP contribution in [-0.4, -0.2) is 34.4 Å². The van der Waals surface area contributed by atoms with Crippen molar-refractivity contribution in [3.05, 3.63) is 34.4 Å². The predicted octanol–water partition coefficient (Wildman–Crippen LogP) is 3.58. The van der Waals surface area contributed by atoms with Crippen LogP contribution in [0.25, 0.3) is 0 Å². The van der Waals surface area contributed by atoms with E-state index < -0.39 is 4.92 Å². The molecule has 0 radical (unpaired) electrons. The van der Waals surface area contributed by atoms with Crippen molar-refractivity contribution in [1.29, 1.82) is 0 Å². The summed E-state index contributed by atoms with van der Waals surface area (Å²) in [5, 5.41) is 14.0. The molecular formula is C17H25N3O3. The largest absolute Gasteiger partial charge is 0.379 e. The molecule has 0 heterocycles. The second-order valence-corrected chi connectivity index (χ2v) is 6.28. The summed E-state index contributed by atoms with van der Waals surface area (Å²) in [6, 6.07) is 7.05. The van der Waals surface area contributed by atoms with Crippen molar-refractivity contribution in [1.82, 2.24) is 4.90 Å². The number of hydrogen-bond donors (Lipinski definition) is 1. The number of rotatable bonds is 7. The van der Waals surface area contributed by atoms with Gasteiger partial charge in [0.05, 0.1) is 4.92 Å². The molecular weight excluding hydrogens is 294 g/mol. The topological polar surface area (TPSA) is 75.5 Å². The van der Waals surface area contributed by atoms with Gasteiger partial charge in [0.2, 0.25) is 5.91 Å². The van der Waals surface area contributed by atoms with E-state index in [0.29, 0.717) is 24.7 Å². The highest BCUT2D eigenvalue weighted by Crippen LogP contribution is 2.26. The number of nitrogens with one attached hydrogen (secondary N) is 1. The normalized spacial score (nSPS) is 14.9. The molecule has 6 nitrogen and oxygen atoms in total. The molecule has 126 valence electrons. The lowest BCUT2D eigenvalue weighted by molar-refractivity contribution is -0.384. The summed E-state index contributed by atoms with van der Waals surface area (Å²) in [5.74, 6) is 0.123. The Kier molecular flexibility index (Phi) is 5.96. The first-order valence-corrected chi connectivity index (χ1v) is 8.29. The highest BCUT2D eigenvalue weighted by atomic mass is 16.6. The van der Waals surface area contributed by atoms with Gasteiger partial charge in [-0.25, -0.2) is 0 Å². The number of para-hydroxylation sites is 2. The Morgan fingerprint density at radius 1 is 1.35 bits per heavy atom. The Labute approximate surface area is 137 Å². The number of amides is 1. The Balaban J connectivity index is 1.92. The zero-order chi connectivity index (χ0) is 16.8. The van der Waals surface area contributed by atoms with E-state index in [1.54, 1.807) is 18.2 Å². The van der Waals surface area contributed by atoms with Crippen LogP contribution in [0.1, 0.15) is 46.0 Å². The van der Waals surface area contributed by atoms with Crippen molar-refractivity contribution in [2.24, 2.45) is 0 Å². The monoisotopic (exact) mass is 319 g/mol. The number of carbonyl (C=O) groups is 1. The summed E-state index contributed by atoms with van der Waals surface area (Å²) < 4.78 is 0. The molecule has 1 N–H and O–H groups in total. The maximum atomic E-state index is 12.5. The van der Waals surface area contributed by atoms with Crippen LogP contribution in [0.3, 0.4) is 0 Å². The highest BCUT2D eigenvalue weighted by Gasteiger charge is 2.28. The Morgan fingerprint density at radius 2 is 2.00 bits per heavy atom. The van der Waals surface area contributed by atoms with Crippen molar-refractivity contribution in [2.75, 3.05) is 11.9 Å². The number of nitro groups is 1. The summed E-state index contributed by atoms with van der Waals surface area (Å²) in [5.41, 5.74) is 0.499. The molecule has 2 rings (SSSR count). The highest BCUT2D eigenvalue weighted by molar-refractivity contribution is 5.77. The molecule has 0 bridgehead atoms. The van der Waals surface area contributed by atoms with E-state index in [2.05, 4.69) is 5.32 Å². The third-order valence-corrected chi connectivity index (χ3v) is 4.32. The number of nitro benzene ring substituents is 1. The van der Waals surface area contributed by atoms with E-state index >= 15 is 0 Å². The standard InChI is InChI=1S/C17H25N3O3/c1-13(2)19(14-7-3-4-8-14)17(21)11-12-18-15-9-5-6-10-16(15)20(22)23/h5-6,9-10,13-14,18H,3-4,7-8,11-12H2,1-2H3. The minimum absolute atomic E-state index is 0.0384. The number of carbonyl (C=O) groups excluding carboxylic acids is 1. The van der Waals surface area contributed by atoms with Crippen molar-refractivity contribution >= 4 is 17.3 Å². The van der Waals surface area contributed by atoms with Crippen LogP contribution in [0.15, 0.2) is 24.3 Å². The SMILES string of the molecule is CC(C)N(C(=O)CCNc1ccccc1[N+](=O)[O-])C1CCCC1. The molecule has 0 aliphatic heterocycles. The third kappa shape index (κ3) is 4.43. The van der Waals surface area contributed by atoms with E-state index in [0.717, 1.165) is 12.8 Å². The van der Waals surface area contributed by atoms with Crippen molar-refractivity contribution < 1.29 is 9.72 Å². The fourth-order valence-electron chi connectivity index (χ4n) is 3.31. The van der Waals surface area contributed by atoms with Crippen molar-refractivity contribution in [2.45, 2.75) is 58.0 Å². The Hall–Kier alpha value is -2.11. The van der Waals surface area contributed by atoms with Gasteiger partial charge in [-0.2, -0.15) is 0 Å². The van der Waals surface area contributed by atoms with E-state index in [-0.39, 0.29) is 17.6 Å². The lowest BCUT2D eigenvalue weighted by atomic mass is 10.1. The summed E-state index contributed by atoms with van der Waals surface area (Å²) >= 11 is 0. The average molecular weight is 319 g/mol. The number of hydrogen-bond acceptors (Lipinski definition) is 4. The fraction of sp³-hybridized carbons (Fsp3) is 0.588. The molecule has 6 heteroatoms. The summed E-state index contributed by atoms with van der Waals surface area (Å²) in [6.45, 7) is 4.50. The van der Waals surface area contributed by atoms with Gasteiger partial charge in [0.25, 0.3) is 5.69 Å². The van der Waals surface area contributed by atoms with E-state index in [1.807, 2.05) is 18.7 Å². The first-order chi connectivity index (χ1) is 11.0. The molecule has 1 aliphatic carbocycles. The number of nitrogens with zero attached hydrogens (tertiary/aromatic N) is 2. The summed E-state index contributed by atoms with van der Waals surface area (Å²) in [7, 11) is 0. The van der Waals surface area contributed by atoms with Crippen LogP contribution >= 0.6 is 0 Å². The van der Waals surface area contributed by atoms with Gasteiger partial charge in [-0.05, 0) is 32.8 Å². The van der Waals surface area contributed by atoms with Gasteiger partial charge in [0.15, 0.2) is 0 Å². The van der Waals surface area contributed by atoms with E-state index in [9.17, 15) is 14.9 Å². The molecule has 1 aromatic carbocycles. The van der Waals surface area contributed by atoms with Crippen LogP contribution in [0, 0.1) is 10.1 Å². The second kappa shape index (κ2) is 7.94. The second-order valence-electron chi connectivity index (χ2n) is 6.28. The summed E-state index contributed by atoms with van der Waals surface area (Å²) in [6.07, 6.45) is 4.90. The lowest BCUT2D eigenvalue weighted by Crippen LogP contribution is -2.44. The molecule has 0 saturated heterocycles. The van der Waals surface area contributed by atoms with Gasteiger partial charge in [0.1, 0.15) is 5.69 Å². The van der Waals surface area contributed by atoms with Crippen LogP contribution in [0.5, 0.6) is 0 Å². The molecule has 1 aliphatic rings. The fourth-order valence-corrected chi connectivity index (χ4v) is 3.31. The van der Waals surface area contributed by atoms with Crippen molar-refractivity contribution in [3.63, 3.8) is 0 Å². The van der Waals surface area contributed by atoms with Gasteiger partial charge in [-0.1, -0.05) is 25.0 Å². The van der Waals surface area contributed by atoms with Crippen LogP contribution < -0.4 is 5.32 Å². The van der Waals surface area contributed by atoms with E-state index in [1.165, 1.54) is 18.9 Å². The van der Waals surface area contributed by atoms with Gasteiger partial charge >= 0.3 is 0 Å². The molecule has 1 amide bonds. The maximum absolute atomic E-state index is 12.5. The molecule has 1 fully saturated rings. The van der Waals surface area contributed by atoms with Gasteiger partial charge in [-0.15, -0.1) is 0 Å². The van der Waals surface area contributed by atoms with Gasteiger partial charge in [-0.3, -0.25) is 14.9 Å². The van der Waals surface area contributed by atoms with Gasteiger partial charge < -0.3 is 10.2 Å². The quantitative estimate of drug-likeness (QED) is 0.615. The zero-order valence-corrected chi connectivity index (χ0v) is 13.8. The Bertz CT molecular complexity index is 554. The first kappa shape index (κ1) is 17.2. The molecule has 1 saturated carbocycles. The van der Waals surface area contributed by atoms with Gasteiger partial charge in [0, 0.05) is 31.1 Å². The molecule has 0 atom stereocenters. The third-order valence-electron chi connectivity index (χ3n) is 4.32. The molecule has 23 heavy (non-hydrogen) atoms. The predicted molar refractivity (Wildman–Crippen MR) is 90.4 cm³/mol. The van der Waals surface area contributed by atoms with Crippen LogP contribution in [0.2, 0.25) is 0 Å². The number of anilines is 1. The first-order valence-electron chi connectivity index (χ1n) is 8.29. The lowest BCUT2D eigenvalue weighted by Gasteiger charge is -2.33. The number of benzene rings is 1. The van der Waals surface area contributed by atoms with Crippen molar-refractivity contribution in [3.8, 4) is 0 Å². The van der Waals surface area contributed by atoms with Crippen LogP contribution in [0.4, 0.5) is 11.4 Å². The average Bonchev–Trinajstić information content (AvgIpc) is 3.01.